The Morgan fingerprint density at radius 3 is 2.91 bits per heavy atom. The molecule has 110 valence electrons. The number of aliphatic hydroxyl groups excluding tert-OH is 1. The minimum Gasteiger partial charge on any atom is -0.387 e. The monoisotopic (exact) mass is 312 g/mol. The van der Waals surface area contributed by atoms with Crippen LogP contribution >= 0.6 is 11.3 Å². The van der Waals surface area contributed by atoms with Gasteiger partial charge in [-0.3, -0.25) is 4.40 Å². The maximum atomic E-state index is 13.9. The van der Waals surface area contributed by atoms with Crippen LogP contribution in [0.2, 0.25) is 0 Å². The Hall–Kier alpha value is -2.24. The van der Waals surface area contributed by atoms with Crippen LogP contribution in [0.5, 0.6) is 0 Å². The highest BCUT2D eigenvalue weighted by molar-refractivity contribution is 7.17. The van der Waals surface area contributed by atoms with Gasteiger partial charge >= 0.3 is 0 Å². The van der Waals surface area contributed by atoms with Crippen LogP contribution in [0.25, 0.3) is 27.0 Å². The number of fused-ring (bicyclic) bond motifs is 2. The Balaban J connectivity index is 2.07. The first-order valence-corrected chi connectivity index (χ1v) is 7.86. The van der Waals surface area contributed by atoms with Crippen molar-refractivity contribution >= 4 is 26.9 Å². The molecule has 1 atom stereocenters. The minimum absolute atomic E-state index is 0.217. The van der Waals surface area contributed by atoms with Crippen molar-refractivity contribution in [3.63, 3.8) is 0 Å². The topological polar surface area (TPSA) is 37.5 Å². The average molecular weight is 312 g/mol. The number of thiophene rings is 1. The van der Waals surface area contributed by atoms with Crippen molar-refractivity contribution in [1.29, 1.82) is 0 Å². The summed E-state index contributed by atoms with van der Waals surface area (Å²) in [5, 5.41) is 12.7. The number of hydrogen-bond acceptors (Lipinski definition) is 3. The standard InChI is InChI=1S/C17H13FN2OS/c1-10(21)15-14-7-2-3-8-20(14)17(19-15)12-9-22-16-11(12)5-4-6-13(16)18/h2-10,21H,1H3. The highest BCUT2D eigenvalue weighted by Gasteiger charge is 2.18. The molecule has 0 saturated heterocycles. The molecule has 0 amide bonds. The van der Waals surface area contributed by atoms with Gasteiger partial charge in [-0.05, 0) is 25.1 Å². The van der Waals surface area contributed by atoms with E-state index in [-0.39, 0.29) is 5.82 Å². The van der Waals surface area contributed by atoms with Crippen LogP contribution in [-0.4, -0.2) is 14.5 Å². The lowest BCUT2D eigenvalue weighted by Crippen LogP contribution is -1.91. The van der Waals surface area contributed by atoms with Gasteiger partial charge in [0.2, 0.25) is 0 Å². The van der Waals surface area contributed by atoms with Gasteiger partial charge in [0, 0.05) is 22.5 Å². The van der Waals surface area contributed by atoms with Gasteiger partial charge < -0.3 is 5.11 Å². The molecular weight excluding hydrogens is 299 g/mol. The second kappa shape index (κ2) is 4.90. The Bertz CT molecular complexity index is 987. The number of aliphatic hydroxyl groups is 1. The molecule has 0 aliphatic carbocycles. The van der Waals surface area contributed by atoms with Crippen molar-refractivity contribution in [3.05, 3.63) is 59.5 Å². The minimum atomic E-state index is -0.659. The summed E-state index contributed by atoms with van der Waals surface area (Å²) in [4.78, 5) is 4.61. The summed E-state index contributed by atoms with van der Waals surface area (Å²) in [5.41, 5.74) is 2.38. The number of rotatable bonds is 2. The normalized spacial score (nSPS) is 13.0. The predicted molar refractivity (Wildman–Crippen MR) is 86.6 cm³/mol. The fourth-order valence-corrected chi connectivity index (χ4v) is 3.71. The number of pyridine rings is 1. The first kappa shape index (κ1) is 13.4. The fourth-order valence-electron chi connectivity index (χ4n) is 2.75. The second-order valence-electron chi connectivity index (χ2n) is 5.22. The first-order valence-electron chi connectivity index (χ1n) is 6.98. The number of hydrogen-bond donors (Lipinski definition) is 1. The molecule has 1 N–H and O–H groups in total. The smallest absolute Gasteiger partial charge is 0.146 e. The molecule has 1 unspecified atom stereocenters. The maximum Gasteiger partial charge on any atom is 0.146 e. The third-order valence-corrected chi connectivity index (χ3v) is 4.77. The van der Waals surface area contributed by atoms with Gasteiger partial charge in [0.1, 0.15) is 11.6 Å². The van der Waals surface area contributed by atoms with Crippen LogP contribution in [0.3, 0.4) is 0 Å². The number of nitrogens with zero attached hydrogens (tertiary/aromatic N) is 2. The van der Waals surface area contributed by atoms with Crippen molar-refractivity contribution in [3.8, 4) is 11.4 Å². The third-order valence-electron chi connectivity index (χ3n) is 3.77. The summed E-state index contributed by atoms with van der Waals surface area (Å²) in [6.45, 7) is 1.70. The molecule has 0 fully saturated rings. The van der Waals surface area contributed by atoms with E-state index in [2.05, 4.69) is 4.98 Å². The SMILES string of the molecule is CC(O)c1nc(-c2csc3c(F)cccc23)n2ccccc12. The molecule has 5 heteroatoms. The molecule has 0 aliphatic heterocycles. The summed E-state index contributed by atoms with van der Waals surface area (Å²) in [5.74, 6) is 0.508. The third kappa shape index (κ3) is 1.86. The lowest BCUT2D eigenvalue weighted by Gasteiger charge is -2.00. The maximum absolute atomic E-state index is 13.9. The van der Waals surface area contributed by atoms with Gasteiger partial charge in [0.25, 0.3) is 0 Å². The van der Waals surface area contributed by atoms with Crippen molar-refractivity contribution in [2.45, 2.75) is 13.0 Å². The Kier molecular flexibility index (Phi) is 2.99. The molecule has 0 bridgehead atoms. The van der Waals surface area contributed by atoms with Crippen LogP contribution in [0.4, 0.5) is 4.39 Å². The van der Waals surface area contributed by atoms with Crippen LogP contribution in [-0.2, 0) is 0 Å². The molecule has 0 aliphatic rings. The zero-order valence-electron chi connectivity index (χ0n) is 11.8. The molecule has 22 heavy (non-hydrogen) atoms. The lowest BCUT2D eigenvalue weighted by molar-refractivity contribution is 0.196. The average Bonchev–Trinajstić information content (AvgIpc) is 3.09. The lowest BCUT2D eigenvalue weighted by atomic mass is 10.1. The zero-order valence-corrected chi connectivity index (χ0v) is 12.6. The fraction of sp³-hybridized carbons (Fsp3) is 0.118. The predicted octanol–water partition coefficient (Wildman–Crippen LogP) is 4.41. The summed E-state index contributed by atoms with van der Waals surface area (Å²) in [7, 11) is 0. The van der Waals surface area contributed by atoms with Crippen LogP contribution in [0.15, 0.2) is 48.0 Å². The van der Waals surface area contributed by atoms with Gasteiger partial charge in [-0.1, -0.05) is 18.2 Å². The highest BCUT2D eigenvalue weighted by atomic mass is 32.1. The molecule has 0 spiro atoms. The van der Waals surface area contributed by atoms with E-state index in [0.717, 1.165) is 22.3 Å². The molecule has 1 aromatic carbocycles. The van der Waals surface area contributed by atoms with Gasteiger partial charge in [0.05, 0.1) is 22.0 Å². The first-order chi connectivity index (χ1) is 10.7. The van der Waals surface area contributed by atoms with E-state index < -0.39 is 6.10 Å². The Labute approximate surface area is 130 Å². The largest absolute Gasteiger partial charge is 0.387 e. The van der Waals surface area contributed by atoms with Gasteiger partial charge in [-0.15, -0.1) is 11.3 Å². The van der Waals surface area contributed by atoms with Crippen molar-refractivity contribution in [2.75, 3.05) is 0 Å². The quantitative estimate of drug-likeness (QED) is 0.595. The van der Waals surface area contributed by atoms with Crippen LogP contribution in [0, 0.1) is 5.82 Å². The zero-order chi connectivity index (χ0) is 15.3. The second-order valence-corrected chi connectivity index (χ2v) is 6.10. The Morgan fingerprint density at radius 2 is 2.09 bits per heavy atom. The van der Waals surface area contributed by atoms with Crippen LogP contribution < -0.4 is 0 Å². The van der Waals surface area contributed by atoms with E-state index >= 15 is 0 Å². The van der Waals surface area contributed by atoms with E-state index in [4.69, 9.17) is 0 Å². The number of benzene rings is 1. The molecule has 3 aromatic heterocycles. The number of halogens is 1. The van der Waals surface area contributed by atoms with E-state index in [1.165, 1.54) is 17.4 Å². The molecule has 3 nitrogen and oxygen atoms in total. The molecule has 4 rings (SSSR count). The highest BCUT2D eigenvalue weighted by Crippen LogP contribution is 2.36. The van der Waals surface area contributed by atoms with Crippen molar-refractivity contribution in [2.24, 2.45) is 0 Å². The molecule has 0 radical (unpaired) electrons. The van der Waals surface area contributed by atoms with Gasteiger partial charge in [0.15, 0.2) is 0 Å². The number of aromatic nitrogens is 2. The van der Waals surface area contributed by atoms with E-state index in [9.17, 15) is 9.50 Å². The molecular formula is C17H13FN2OS. The summed E-state index contributed by atoms with van der Waals surface area (Å²) in [6.07, 6.45) is 1.25. The molecule has 0 saturated carbocycles. The summed E-state index contributed by atoms with van der Waals surface area (Å²) in [6, 6.07) is 10.8. The molecule has 4 aromatic rings. The summed E-state index contributed by atoms with van der Waals surface area (Å²) >= 11 is 1.37. The number of imidazole rings is 1. The van der Waals surface area contributed by atoms with E-state index in [0.29, 0.717) is 10.4 Å². The van der Waals surface area contributed by atoms with Crippen molar-refractivity contribution < 1.29 is 9.50 Å². The van der Waals surface area contributed by atoms with Crippen LogP contribution in [0.1, 0.15) is 18.7 Å². The van der Waals surface area contributed by atoms with Gasteiger partial charge in [-0.2, -0.15) is 0 Å². The van der Waals surface area contributed by atoms with Crippen molar-refractivity contribution in [1.82, 2.24) is 9.38 Å². The van der Waals surface area contributed by atoms with E-state index in [1.54, 1.807) is 13.0 Å². The van der Waals surface area contributed by atoms with E-state index in [1.807, 2.05) is 40.2 Å². The summed E-state index contributed by atoms with van der Waals surface area (Å²) < 4.78 is 16.5. The molecule has 3 heterocycles. The van der Waals surface area contributed by atoms with Gasteiger partial charge in [-0.25, -0.2) is 9.37 Å². The Morgan fingerprint density at radius 1 is 1.23 bits per heavy atom.